The number of hydroxylamine groups is 4. The maximum Gasteiger partial charge on any atom is 0.284 e. The van der Waals surface area contributed by atoms with Gasteiger partial charge in [-0.3, -0.25) is 19.4 Å². The zero-order chi connectivity index (χ0) is 58.4. The third-order valence-corrected chi connectivity index (χ3v) is 17.7. The Balaban J connectivity index is 0.000000196. The summed E-state index contributed by atoms with van der Waals surface area (Å²) in [5.41, 5.74) is 0. The zero-order valence-electron chi connectivity index (χ0n) is 43.3. The molecule has 4 aliphatic heterocycles. The Kier molecular flexibility index (Phi) is 26.2. The lowest BCUT2D eigenvalue weighted by molar-refractivity contribution is -0.0285. The summed E-state index contributed by atoms with van der Waals surface area (Å²) in [6, 6.07) is 12.0. The van der Waals surface area contributed by atoms with Crippen LogP contribution in [0.3, 0.4) is 0 Å². The van der Waals surface area contributed by atoms with Crippen molar-refractivity contribution in [1.82, 2.24) is 37.8 Å². The van der Waals surface area contributed by atoms with Crippen LogP contribution in [-0.2, 0) is 59.4 Å². The van der Waals surface area contributed by atoms with Crippen LogP contribution in [0.15, 0.2) is 93.2 Å². The van der Waals surface area contributed by atoms with Crippen molar-refractivity contribution in [2.24, 2.45) is 0 Å². The molecule has 0 saturated carbocycles. The summed E-state index contributed by atoms with van der Waals surface area (Å²) >= 11 is 16.7. The molecule has 0 amide bonds. The topological polar surface area (TPSA) is 275 Å². The number of pyridine rings is 2. The lowest BCUT2D eigenvalue weighted by Crippen LogP contribution is -2.28. The highest BCUT2D eigenvalue weighted by Gasteiger charge is 2.36. The van der Waals surface area contributed by atoms with Gasteiger partial charge in [-0.2, -0.15) is 50.5 Å². The van der Waals surface area contributed by atoms with Gasteiger partial charge in [0.15, 0.2) is 23.3 Å². The minimum Gasteiger partial charge on any atom is -0.481 e. The molecule has 0 aliphatic carbocycles. The van der Waals surface area contributed by atoms with E-state index >= 15 is 0 Å². The largest absolute Gasteiger partial charge is 0.481 e. The monoisotopic (exact) mass is 1260 g/mol. The molecule has 432 valence electrons. The highest BCUT2D eigenvalue weighted by Crippen LogP contribution is 2.26. The van der Waals surface area contributed by atoms with Crippen LogP contribution in [0, 0.1) is 47.4 Å². The van der Waals surface area contributed by atoms with Gasteiger partial charge in [-0.05, 0) is 70.2 Å². The molecule has 8 rings (SSSR count). The van der Waals surface area contributed by atoms with Gasteiger partial charge in [0.05, 0.1) is 82.3 Å². The van der Waals surface area contributed by atoms with Crippen LogP contribution in [0.4, 0.5) is 0 Å². The van der Waals surface area contributed by atoms with Crippen molar-refractivity contribution in [3.8, 4) is 70.6 Å². The molecule has 0 spiro atoms. The van der Waals surface area contributed by atoms with Gasteiger partial charge in [-0.25, -0.2) is 53.6 Å². The van der Waals surface area contributed by atoms with Crippen molar-refractivity contribution in [2.45, 2.75) is 68.5 Å². The van der Waals surface area contributed by atoms with Crippen molar-refractivity contribution < 1.29 is 72.0 Å². The molecular weight excluding hydrogens is 1200 g/mol. The van der Waals surface area contributed by atoms with Crippen LogP contribution < -0.4 is 18.9 Å². The predicted octanol–water partition coefficient (Wildman–Crippen LogP) is 2.87. The normalized spacial score (nSPS) is 19.4. The Hall–Kier alpha value is -5.08. The van der Waals surface area contributed by atoms with E-state index in [1.807, 2.05) is 0 Å². The number of rotatable bonds is 16. The summed E-state index contributed by atoms with van der Waals surface area (Å²) in [4.78, 5) is 36.1. The summed E-state index contributed by atoms with van der Waals surface area (Å²) in [5.74, 6) is 23.2. The zero-order valence-corrected chi connectivity index (χ0v) is 50.1. The van der Waals surface area contributed by atoms with E-state index in [1.54, 1.807) is 39.8 Å². The van der Waals surface area contributed by atoms with E-state index in [9.17, 15) is 33.7 Å². The second-order valence-electron chi connectivity index (χ2n) is 16.0. The van der Waals surface area contributed by atoms with E-state index in [2.05, 4.69) is 118 Å². The van der Waals surface area contributed by atoms with E-state index in [-0.39, 0.29) is 119 Å². The van der Waals surface area contributed by atoms with Crippen molar-refractivity contribution in [1.29, 1.82) is 0 Å². The van der Waals surface area contributed by atoms with Crippen LogP contribution in [0.5, 0.6) is 23.3 Å². The Morgan fingerprint density at radius 3 is 1.19 bits per heavy atom. The summed E-state index contributed by atoms with van der Waals surface area (Å²) in [6.07, 6.45) is 4.94. The van der Waals surface area contributed by atoms with Gasteiger partial charge >= 0.3 is 0 Å². The van der Waals surface area contributed by atoms with E-state index in [0.717, 1.165) is 24.1 Å². The summed E-state index contributed by atoms with van der Waals surface area (Å²) in [6.45, 7) is 9.65. The molecular formula is C48H56N8O16S8. The van der Waals surface area contributed by atoms with Crippen molar-refractivity contribution in [3.05, 3.63) is 73.3 Å². The predicted molar refractivity (Wildman–Crippen MR) is 303 cm³/mol. The van der Waals surface area contributed by atoms with E-state index < -0.39 is 40.1 Å². The average Bonchev–Trinajstić information content (AvgIpc) is 4.31. The minimum absolute atomic E-state index is 0.0499. The standard InChI is InChI=1S/C13H15NO4S2.2C12H14N2O4S2.C11H13N3O4S2/c1-2-3-8-17-11-4-6-13(7-5-11)20(15,16)14-9-12(19)10-18-14;1-2-3-6-17-12-5-4-11(7-13-12)20(15,16)14-8-10(19)9-18-14;1-2-3-6-17-10-4-5-12(13-7-10)20(15,16)14-8-11(19)9-18-14;1-2-3-4-17-10-5-13-11(6-12-10)20(15,16)14-7-9(19)8-18-14/h4-7,12,19H,8-10H2,1H3;4-5,7,10,19H,6,8-9H2,1H3;4-5,7,11,19H,6,8-9H2,1H3;5-6,9,19H,4,7-8H2,1H3. The van der Waals surface area contributed by atoms with Gasteiger partial charge < -0.3 is 18.9 Å². The molecule has 0 N–H and O–H groups in total. The van der Waals surface area contributed by atoms with Gasteiger partial charge in [0.1, 0.15) is 29.6 Å². The first kappa shape index (κ1) is 65.7. The van der Waals surface area contributed by atoms with Crippen LogP contribution in [0.1, 0.15) is 27.7 Å². The number of sulfonamides is 4. The van der Waals surface area contributed by atoms with Gasteiger partial charge in [-0.15, -0.1) is 23.7 Å². The van der Waals surface area contributed by atoms with Gasteiger partial charge in [0.2, 0.25) is 11.8 Å². The number of ether oxygens (including phenoxy) is 4. The summed E-state index contributed by atoms with van der Waals surface area (Å²) in [5, 5.41) is -0.774. The molecule has 3 aromatic heterocycles. The molecule has 4 atom stereocenters. The Morgan fingerprint density at radius 1 is 0.425 bits per heavy atom. The fourth-order valence-electron chi connectivity index (χ4n) is 6.08. The van der Waals surface area contributed by atoms with Crippen molar-refractivity contribution in [3.63, 3.8) is 0 Å². The second kappa shape index (κ2) is 31.9. The fraction of sp³-hybridized carbons (Fsp3) is 0.417. The lowest BCUT2D eigenvalue weighted by atomic mass is 10.3. The number of hydrogen-bond donors (Lipinski definition) is 4. The molecule has 32 heteroatoms. The first-order valence-electron chi connectivity index (χ1n) is 23.4. The maximum absolute atomic E-state index is 12.3. The van der Waals surface area contributed by atoms with Crippen LogP contribution in [0.25, 0.3) is 0 Å². The third-order valence-electron chi connectivity index (χ3n) is 10.0. The first-order chi connectivity index (χ1) is 38.1. The quantitative estimate of drug-likeness (QED) is 0.0927. The third kappa shape index (κ3) is 19.5. The maximum atomic E-state index is 12.3. The SMILES string of the molecule is CC#CCOc1ccc(S(=O)(=O)N2CC(S)CO2)cc1.CC#CCOc1ccc(S(=O)(=O)N2CC(S)CO2)cn1.CC#CCOc1ccc(S(=O)(=O)N2CC(S)CO2)nc1.CC#CCOc1cnc(S(=O)(=O)N2CC(S)CO2)cn1. The molecule has 4 unspecified atom stereocenters. The number of benzene rings is 1. The molecule has 1 aromatic carbocycles. The lowest BCUT2D eigenvalue weighted by Gasteiger charge is -2.14. The average molecular weight is 1260 g/mol. The summed E-state index contributed by atoms with van der Waals surface area (Å²) < 4.78 is 122. The molecule has 4 aromatic rings. The molecule has 24 nitrogen and oxygen atoms in total. The Morgan fingerprint density at radius 2 is 0.800 bits per heavy atom. The number of aromatic nitrogens is 4. The van der Waals surface area contributed by atoms with Gasteiger partial charge in [0.25, 0.3) is 40.1 Å². The van der Waals surface area contributed by atoms with E-state index in [1.165, 1.54) is 55.0 Å². The molecule has 4 fully saturated rings. The highest BCUT2D eigenvalue weighted by atomic mass is 32.2. The van der Waals surface area contributed by atoms with E-state index in [4.69, 9.17) is 38.3 Å². The number of thiol groups is 4. The second-order valence-corrected chi connectivity index (χ2v) is 26.1. The van der Waals surface area contributed by atoms with Crippen molar-refractivity contribution >= 4 is 90.6 Å². The van der Waals surface area contributed by atoms with Crippen molar-refractivity contribution in [2.75, 3.05) is 79.0 Å². The Labute approximate surface area is 488 Å². The van der Waals surface area contributed by atoms with Crippen LogP contribution in [-0.4, -0.2) is 172 Å². The molecule has 4 aliphatic rings. The molecule has 80 heavy (non-hydrogen) atoms. The Bertz CT molecular complexity index is 2930. The molecule has 4 saturated heterocycles. The van der Waals surface area contributed by atoms with Gasteiger partial charge in [0, 0.05) is 27.1 Å². The van der Waals surface area contributed by atoms with Gasteiger partial charge in [-0.1, -0.05) is 41.6 Å². The highest BCUT2D eigenvalue weighted by molar-refractivity contribution is 7.90. The first-order valence-corrected chi connectivity index (χ1v) is 31.3. The molecule has 0 radical (unpaired) electrons. The smallest absolute Gasteiger partial charge is 0.284 e. The van der Waals surface area contributed by atoms with Crippen LogP contribution >= 0.6 is 50.5 Å². The summed E-state index contributed by atoms with van der Waals surface area (Å²) in [7, 11) is -14.9. The van der Waals surface area contributed by atoms with E-state index in [0.29, 0.717) is 24.0 Å². The minimum atomic E-state index is -3.81. The molecule has 0 bridgehead atoms. The number of hydrogen-bond acceptors (Lipinski definition) is 24. The van der Waals surface area contributed by atoms with Crippen LogP contribution in [0.2, 0.25) is 0 Å². The molecule has 7 heterocycles. The number of nitrogens with zero attached hydrogens (tertiary/aromatic N) is 8. The fourth-order valence-corrected chi connectivity index (χ4v) is 12.3.